The van der Waals surface area contributed by atoms with Crippen molar-refractivity contribution in [2.24, 2.45) is 5.73 Å². The van der Waals surface area contributed by atoms with Crippen LogP contribution in [0.1, 0.15) is 25.7 Å². The van der Waals surface area contributed by atoms with Crippen LogP contribution in [0.5, 0.6) is 0 Å². The lowest BCUT2D eigenvalue weighted by Crippen LogP contribution is -2.50. The molecule has 3 N–H and O–H groups in total. The van der Waals surface area contributed by atoms with E-state index in [1.54, 1.807) is 6.07 Å². The van der Waals surface area contributed by atoms with E-state index in [-0.39, 0.29) is 30.7 Å². The highest BCUT2D eigenvalue weighted by Crippen LogP contribution is 2.39. The van der Waals surface area contributed by atoms with E-state index in [4.69, 9.17) is 10.5 Å². The number of carbonyl (C=O) groups excluding carboxylic acids is 2. The second-order valence-electron chi connectivity index (χ2n) is 7.41. The molecule has 7 nitrogen and oxygen atoms in total. The topological polar surface area (TPSA) is 87.9 Å². The van der Waals surface area contributed by atoms with E-state index in [2.05, 4.69) is 10.2 Å². The van der Waals surface area contributed by atoms with E-state index < -0.39 is 11.9 Å². The Morgan fingerprint density at radius 3 is 2.59 bits per heavy atom. The number of hydrogen-bond donors (Lipinski definition) is 2. The van der Waals surface area contributed by atoms with Gasteiger partial charge in [-0.1, -0.05) is 0 Å². The molecular weight excluding hydrogens is 351 g/mol. The van der Waals surface area contributed by atoms with Crippen LogP contribution < -0.4 is 16.0 Å². The zero-order valence-corrected chi connectivity index (χ0v) is 15.2. The Morgan fingerprint density at radius 2 is 2.04 bits per heavy atom. The van der Waals surface area contributed by atoms with Crippen LogP contribution in [-0.4, -0.2) is 61.1 Å². The smallest absolute Gasteiger partial charge is 0.253 e. The monoisotopic (exact) mass is 376 g/mol. The van der Waals surface area contributed by atoms with Gasteiger partial charge < -0.3 is 20.7 Å². The molecule has 3 fully saturated rings. The van der Waals surface area contributed by atoms with Crippen molar-refractivity contribution < 1.29 is 18.7 Å². The van der Waals surface area contributed by atoms with Crippen molar-refractivity contribution >= 4 is 23.2 Å². The molecule has 2 saturated carbocycles. The number of nitrogens with two attached hydrogens (primary N) is 1. The number of morpholine rings is 1. The minimum Gasteiger partial charge on any atom is -0.370 e. The molecule has 0 spiro atoms. The van der Waals surface area contributed by atoms with Gasteiger partial charge in [-0.15, -0.1) is 0 Å². The lowest BCUT2D eigenvalue weighted by atomic mass is 10.2. The number of rotatable bonds is 7. The van der Waals surface area contributed by atoms with E-state index in [0.717, 1.165) is 25.7 Å². The van der Waals surface area contributed by atoms with Gasteiger partial charge in [-0.05, 0) is 43.9 Å². The van der Waals surface area contributed by atoms with Gasteiger partial charge in [-0.3, -0.25) is 14.5 Å². The molecule has 4 rings (SSSR count). The number of nitrogens with zero attached hydrogens (tertiary/aromatic N) is 2. The third-order valence-corrected chi connectivity index (χ3v) is 5.31. The zero-order valence-electron chi connectivity index (χ0n) is 15.2. The van der Waals surface area contributed by atoms with Gasteiger partial charge in [0.2, 0.25) is 5.91 Å². The average Bonchev–Trinajstić information content (AvgIpc) is 3.55. The molecule has 0 aromatic heterocycles. The molecule has 8 heteroatoms. The number of halogens is 1. The summed E-state index contributed by atoms with van der Waals surface area (Å²) in [4.78, 5) is 28.3. The van der Waals surface area contributed by atoms with Gasteiger partial charge in [0.15, 0.2) is 0 Å². The second-order valence-corrected chi connectivity index (χ2v) is 7.41. The third-order valence-electron chi connectivity index (χ3n) is 5.31. The summed E-state index contributed by atoms with van der Waals surface area (Å²) in [6.45, 7) is 0.879. The number of nitrogens with one attached hydrogen (secondary N) is 1. The second kappa shape index (κ2) is 7.53. The summed E-state index contributed by atoms with van der Waals surface area (Å²) in [5.74, 6) is -1.02. The van der Waals surface area contributed by atoms with Crippen molar-refractivity contribution in [2.75, 3.05) is 36.5 Å². The van der Waals surface area contributed by atoms with Crippen molar-refractivity contribution in [3.05, 3.63) is 24.0 Å². The van der Waals surface area contributed by atoms with E-state index in [1.807, 2.05) is 0 Å². The molecule has 1 aromatic rings. The summed E-state index contributed by atoms with van der Waals surface area (Å²) in [5, 5.41) is 2.79. The molecular formula is C19H25FN4O3. The molecule has 146 valence electrons. The van der Waals surface area contributed by atoms with E-state index in [0.29, 0.717) is 30.9 Å². The quantitative estimate of drug-likeness (QED) is 0.744. The van der Waals surface area contributed by atoms with Gasteiger partial charge in [0.1, 0.15) is 18.5 Å². The highest BCUT2D eigenvalue weighted by Gasteiger charge is 2.44. The maximum Gasteiger partial charge on any atom is 0.253 e. The summed E-state index contributed by atoms with van der Waals surface area (Å²) in [6.07, 6.45) is 4.43. The van der Waals surface area contributed by atoms with Crippen LogP contribution >= 0.6 is 0 Å². The van der Waals surface area contributed by atoms with Gasteiger partial charge in [0.05, 0.1) is 12.3 Å². The van der Waals surface area contributed by atoms with Crippen molar-refractivity contribution in [3.63, 3.8) is 0 Å². The first kappa shape index (κ1) is 18.3. The molecule has 0 unspecified atom stereocenters. The summed E-state index contributed by atoms with van der Waals surface area (Å²) in [6, 6.07) is 4.89. The minimum atomic E-state index is -0.548. The van der Waals surface area contributed by atoms with Gasteiger partial charge in [-0.2, -0.15) is 0 Å². The van der Waals surface area contributed by atoms with Crippen LogP contribution in [-0.2, 0) is 14.3 Å². The van der Waals surface area contributed by atoms with Crippen LogP contribution in [0.2, 0.25) is 0 Å². The molecule has 1 aromatic carbocycles. The predicted molar refractivity (Wildman–Crippen MR) is 98.9 cm³/mol. The fourth-order valence-corrected chi connectivity index (χ4v) is 3.72. The molecule has 0 radical (unpaired) electrons. The normalized spacial score (nSPS) is 21.4. The average molecular weight is 376 g/mol. The van der Waals surface area contributed by atoms with E-state index in [1.165, 1.54) is 17.0 Å². The molecule has 2 amide bonds. The molecule has 1 heterocycles. The first-order valence-corrected chi connectivity index (χ1v) is 9.54. The number of anilines is 2. The number of hydrogen-bond acceptors (Lipinski definition) is 5. The Hall–Kier alpha value is -2.03. The predicted octanol–water partition coefficient (Wildman–Crippen LogP) is 1.08. The Kier molecular flexibility index (Phi) is 5.12. The van der Waals surface area contributed by atoms with Gasteiger partial charge in [-0.25, -0.2) is 4.39 Å². The molecule has 3 aliphatic rings. The van der Waals surface area contributed by atoms with Crippen molar-refractivity contribution in [3.8, 4) is 0 Å². The maximum atomic E-state index is 14.6. The zero-order chi connectivity index (χ0) is 19.0. The summed E-state index contributed by atoms with van der Waals surface area (Å²) in [5.41, 5.74) is 6.46. The number of carbonyl (C=O) groups is 2. The number of amides is 2. The molecule has 1 aliphatic heterocycles. The van der Waals surface area contributed by atoms with Crippen LogP contribution in [0.4, 0.5) is 15.8 Å². The van der Waals surface area contributed by atoms with Crippen LogP contribution in [0.25, 0.3) is 0 Å². The molecule has 27 heavy (non-hydrogen) atoms. The van der Waals surface area contributed by atoms with Crippen molar-refractivity contribution in [1.29, 1.82) is 0 Å². The van der Waals surface area contributed by atoms with Gasteiger partial charge >= 0.3 is 0 Å². The third kappa shape index (κ3) is 3.97. The molecule has 0 bridgehead atoms. The highest BCUT2D eigenvalue weighted by molar-refractivity contribution is 5.97. The first-order valence-electron chi connectivity index (χ1n) is 9.54. The Labute approximate surface area is 157 Å². The lowest BCUT2D eigenvalue weighted by molar-refractivity contribution is -0.125. The summed E-state index contributed by atoms with van der Waals surface area (Å²) in [7, 11) is 0. The van der Waals surface area contributed by atoms with Gasteiger partial charge in [0, 0.05) is 30.9 Å². The van der Waals surface area contributed by atoms with Crippen LogP contribution in [0.3, 0.4) is 0 Å². The lowest BCUT2D eigenvalue weighted by Gasteiger charge is -2.30. The van der Waals surface area contributed by atoms with Crippen LogP contribution in [0, 0.1) is 5.82 Å². The fraction of sp³-hybridized carbons (Fsp3) is 0.579. The summed E-state index contributed by atoms with van der Waals surface area (Å²) >= 11 is 0. The van der Waals surface area contributed by atoms with Gasteiger partial charge in [0.25, 0.3) is 5.91 Å². The maximum absolute atomic E-state index is 14.6. The SMILES string of the molecule is NC[C@@H](C(=O)Nc1ccc(N2CCOCC2=O)c(F)c1)N(C1CC1)C1CC1. The standard InChI is InChI=1S/C19H25FN4O3/c20-15-9-12(1-6-16(15)23-7-8-27-11-18(23)25)22-19(26)17(10-21)24(13-2-3-13)14-4-5-14/h1,6,9,13-14,17H,2-5,7-8,10-11,21H2,(H,22,26)/t17-/m0/s1. The minimum absolute atomic E-state index is 0.0473. The first-order chi connectivity index (χ1) is 13.1. The molecule has 1 saturated heterocycles. The number of ether oxygens (including phenoxy) is 1. The Morgan fingerprint density at radius 1 is 1.33 bits per heavy atom. The van der Waals surface area contributed by atoms with Crippen LogP contribution in [0.15, 0.2) is 18.2 Å². The van der Waals surface area contributed by atoms with E-state index in [9.17, 15) is 14.0 Å². The highest BCUT2D eigenvalue weighted by atomic mass is 19.1. The molecule has 1 atom stereocenters. The molecule has 2 aliphatic carbocycles. The Bertz CT molecular complexity index is 724. The number of benzene rings is 1. The fourth-order valence-electron chi connectivity index (χ4n) is 3.72. The van der Waals surface area contributed by atoms with Crippen molar-refractivity contribution in [1.82, 2.24) is 4.90 Å². The van der Waals surface area contributed by atoms with E-state index >= 15 is 0 Å². The van der Waals surface area contributed by atoms with Crippen molar-refractivity contribution in [2.45, 2.75) is 43.8 Å². The largest absolute Gasteiger partial charge is 0.370 e. The Balaban J connectivity index is 1.46. The summed E-state index contributed by atoms with van der Waals surface area (Å²) < 4.78 is 19.6.